The molecule has 0 spiro atoms. The van der Waals surface area contributed by atoms with Crippen LogP contribution < -0.4 is 4.74 Å². The zero-order valence-electron chi connectivity index (χ0n) is 13.5. The van der Waals surface area contributed by atoms with E-state index in [2.05, 4.69) is 44.1 Å². The summed E-state index contributed by atoms with van der Waals surface area (Å²) in [5, 5.41) is 0. The number of ether oxygens (including phenoxy) is 1. The summed E-state index contributed by atoms with van der Waals surface area (Å²) in [5.74, 6) is 1.01. The van der Waals surface area contributed by atoms with Crippen LogP contribution in [0.15, 0.2) is 18.2 Å². The van der Waals surface area contributed by atoms with Gasteiger partial charge in [-0.15, -0.1) is 0 Å². The second kappa shape index (κ2) is 6.62. The van der Waals surface area contributed by atoms with Gasteiger partial charge < -0.3 is 9.64 Å². The molecule has 1 aliphatic rings. The topological polar surface area (TPSA) is 12.5 Å². The van der Waals surface area contributed by atoms with Crippen LogP contribution in [0.1, 0.15) is 50.2 Å². The van der Waals surface area contributed by atoms with Crippen LogP contribution in [0.5, 0.6) is 5.75 Å². The SMILES string of the molecule is CCC[C@]1(CCN(C)C)CCCc2ccc(OC)cc21. The molecule has 0 aliphatic heterocycles. The molecule has 0 radical (unpaired) electrons. The van der Waals surface area contributed by atoms with Crippen LogP contribution in [0.4, 0.5) is 0 Å². The first kappa shape index (κ1) is 15.4. The van der Waals surface area contributed by atoms with Crippen LogP contribution in [0, 0.1) is 0 Å². The molecule has 1 aromatic carbocycles. The van der Waals surface area contributed by atoms with Gasteiger partial charge in [0.2, 0.25) is 0 Å². The third kappa shape index (κ3) is 3.17. The van der Waals surface area contributed by atoms with Crippen LogP contribution in [0.3, 0.4) is 0 Å². The van der Waals surface area contributed by atoms with Gasteiger partial charge in [0.15, 0.2) is 0 Å². The van der Waals surface area contributed by atoms with Gasteiger partial charge in [-0.3, -0.25) is 0 Å². The van der Waals surface area contributed by atoms with E-state index in [4.69, 9.17) is 4.74 Å². The van der Waals surface area contributed by atoms with Crippen molar-refractivity contribution in [2.75, 3.05) is 27.7 Å². The number of fused-ring (bicyclic) bond motifs is 1. The molecule has 0 saturated carbocycles. The van der Waals surface area contributed by atoms with Gasteiger partial charge in [0.05, 0.1) is 7.11 Å². The molecule has 0 N–H and O–H groups in total. The molecule has 0 aromatic heterocycles. The Balaban J connectivity index is 2.37. The quantitative estimate of drug-likeness (QED) is 0.777. The van der Waals surface area contributed by atoms with Gasteiger partial charge in [-0.25, -0.2) is 0 Å². The molecule has 0 fully saturated rings. The maximum absolute atomic E-state index is 5.47. The zero-order chi connectivity index (χ0) is 14.6. The fourth-order valence-corrected chi connectivity index (χ4v) is 3.71. The second-order valence-corrected chi connectivity index (χ2v) is 6.46. The van der Waals surface area contributed by atoms with Crippen LogP contribution in [-0.2, 0) is 11.8 Å². The summed E-state index contributed by atoms with van der Waals surface area (Å²) < 4.78 is 5.47. The van der Waals surface area contributed by atoms with Crippen LogP contribution in [0.25, 0.3) is 0 Å². The van der Waals surface area contributed by atoms with Crippen molar-refractivity contribution in [1.82, 2.24) is 4.90 Å². The lowest BCUT2D eigenvalue weighted by atomic mass is 9.65. The van der Waals surface area contributed by atoms with E-state index in [1.165, 1.54) is 38.5 Å². The number of benzene rings is 1. The Labute approximate surface area is 124 Å². The van der Waals surface area contributed by atoms with Gasteiger partial charge >= 0.3 is 0 Å². The van der Waals surface area contributed by atoms with Crippen molar-refractivity contribution in [2.24, 2.45) is 0 Å². The maximum Gasteiger partial charge on any atom is 0.119 e. The van der Waals surface area contributed by atoms with E-state index < -0.39 is 0 Å². The van der Waals surface area contributed by atoms with Crippen molar-refractivity contribution in [1.29, 1.82) is 0 Å². The van der Waals surface area contributed by atoms with E-state index in [9.17, 15) is 0 Å². The van der Waals surface area contributed by atoms with Crippen molar-refractivity contribution >= 4 is 0 Å². The van der Waals surface area contributed by atoms with Gasteiger partial charge in [0.1, 0.15) is 5.75 Å². The molecule has 20 heavy (non-hydrogen) atoms. The van der Waals surface area contributed by atoms with Crippen LogP contribution in [0.2, 0.25) is 0 Å². The predicted octanol–water partition coefficient (Wildman–Crippen LogP) is 4.02. The molecular formula is C18H29NO. The fourth-order valence-electron chi connectivity index (χ4n) is 3.71. The first-order valence-electron chi connectivity index (χ1n) is 7.93. The highest BCUT2D eigenvalue weighted by Crippen LogP contribution is 2.44. The number of hydrogen-bond donors (Lipinski definition) is 0. The molecule has 1 aliphatic carbocycles. The minimum atomic E-state index is 0.362. The minimum absolute atomic E-state index is 0.362. The van der Waals surface area contributed by atoms with Crippen molar-refractivity contribution < 1.29 is 4.74 Å². The molecule has 1 atom stereocenters. The highest BCUT2D eigenvalue weighted by atomic mass is 16.5. The molecule has 0 bridgehead atoms. The molecule has 112 valence electrons. The first-order valence-corrected chi connectivity index (χ1v) is 7.93. The van der Waals surface area contributed by atoms with Gasteiger partial charge in [-0.1, -0.05) is 19.4 Å². The van der Waals surface area contributed by atoms with E-state index in [0.717, 1.165) is 12.3 Å². The third-order valence-corrected chi connectivity index (χ3v) is 4.76. The Morgan fingerprint density at radius 3 is 2.70 bits per heavy atom. The van der Waals surface area contributed by atoms with Gasteiger partial charge in [-0.2, -0.15) is 0 Å². The van der Waals surface area contributed by atoms with Crippen molar-refractivity contribution in [3.63, 3.8) is 0 Å². The van der Waals surface area contributed by atoms with E-state index in [-0.39, 0.29) is 0 Å². The molecule has 2 rings (SSSR count). The Hall–Kier alpha value is -1.02. The highest BCUT2D eigenvalue weighted by molar-refractivity contribution is 5.42. The summed E-state index contributed by atoms with van der Waals surface area (Å²) in [5.41, 5.74) is 3.47. The van der Waals surface area contributed by atoms with Crippen LogP contribution in [-0.4, -0.2) is 32.6 Å². The van der Waals surface area contributed by atoms with E-state index in [1.54, 1.807) is 18.2 Å². The normalized spacial score (nSPS) is 21.9. The van der Waals surface area contributed by atoms with E-state index >= 15 is 0 Å². The minimum Gasteiger partial charge on any atom is -0.497 e. The molecule has 2 heteroatoms. The summed E-state index contributed by atoms with van der Waals surface area (Å²) >= 11 is 0. The lowest BCUT2D eigenvalue weighted by Crippen LogP contribution is -2.34. The fraction of sp³-hybridized carbons (Fsp3) is 0.667. The lowest BCUT2D eigenvalue weighted by Gasteiger charge is -2.40. The standard InChI is InChI=1S/C18H29NO/c1-5-10-18(12-13-19(2)3)11-6-7-15-8-9-16(20-4)14-17(15)18/h8-9,14H,5-7,10-13H2,1-4H3/t18-/m1/s1. The molecule has 1 aromatic rings. The maximum atomic E-state index is 5.47. The summed E-state index contributed by atoms with van der Waals surface area (Å²) in [7, 11) is 6.12. The average Bonchev–Trinajstić information content (AvgIpc) is 2.45. The Kier molecular flexibility index (Phi) is 5.09. The first-order chi connectivity index (χ1) is 9.61. The Morgan fingerprint density at radius 2 is 2.05 bits per heavy atom. The Bertz CT molecular complexity index is 441. The summed E-state index contributed by atoms with van der Waals surface area (Å²) in [4.78, 5) is 2.31. The predicted molar refractivity (Wildman–Crippen MR) is 85.7 cm³/mol. The van der Waals surface area contributed by atoms with E-state index in [1.807, 2.05) is 0 Å². The highest BCUT2D eigenvalue weighted by Gasteiger charge is 2.35. The Morgan fingerprint density at radius 1 is 1.25 bits per heavy atom. The monoisotopic (exact) mass is 275 g/mol. The van der Waals surface area contributed by atoms with Crippen LogP contribution >= 0.6 is 0 Å². The smallest absolute Gasteiger partial charge is 0.119 e. The van der Waals surface area contributed by atoms with Crippen molar-refractivity contribution in [3.8, 4) is 5.75 Å². The summed E-state index contributed by atoms with van der Waals surface area (Å²) in [6.07, 6.45) is 7.69. The van der Waals surface area contributed by atoms with E-state index in [0.29, 0.717) is 5.41 Å². The van der Waals surface area contributed by atoms with Crippen molar-refractivity contribution in [2.45, 2.75) is 50.9 Å². The summed E-state index contributed by atoms with van der Waals surface area (Å²) in [6.45, 7) is 3.47. The average molecular weight is 275 g/mol. The van der Waals surface area contributed by atoms with Crippen molar-refractivity contribution in [3.05, 3.63) is 29.3 Å². The second-order valence-electron chi connectivity index (χ2n) is 6.46. The molecular weight excluding hydrogens is 246 g/mol. The molecule has 2 nitrogen and oxygen atoms in total. The van der Waals surface area contributed by atoms with Gasteiger partial charge in [-0.05, 0) is 81.4 Å². The number of hydrogen-bond acceptors (Lipinski definition) is 2. The number of methoxy groups -OCH3 is 1. The lowest BCUT2D eigenvalue weighted by molar-refractivity contribution is 0.263. The molecule has 0 unspecified atom stereocenters. The number of rotatable bonds is 6. The van der Waals surface area contributed by atoms with Gasteiger partial charge in [0.25, 0.3) is 0 Å². The number of nitrogens with zero attached hydrogens (tertiary/aromatic N) is 1. The largest absolute Gasteiger partial charge is 0.497 e. The number of aryl methyl sites for hydroxylation is 1. The third-order valence-electron chi connectivity index (χ3n) is 4.76. The van der Waals surface area contributed by atoms with Gasteiger partial charge in [0, 0.05) is 0 Å². The summed E-state index contributed by atoms with van der Waals surface area (Å²) in [6, 6.07) is 6.71. The molecule has 0 saturated heterocycles. The molecule has 0 heterocycles. The molecule has 0 amide bonds. The zero-order valence-corrected chi connectivity index (χ0v) is 13.5.